The summed E-state index contributed by atoms with van der Waals surface area (Å²) >= 11 is 0. The highest BCUT2D eigenvalue weighted by Gasteiger charge is 2.62. The molecule has 14 heavy (non-hydrogen) atoms. The molecule has 1 aromatic heterocycles. The number of aryl methyl sites for hydroxylation is 1. The molecule has 1 N–H and O–H groups in total. The van der Waals surface area contributed by atoms with Gasteiger partial charge in [-0.3, -0.25) is 9.97 Å². The van der Waals surface area contributed by atoms with E-state index in [1.807, 2.05) is 6.92 Å². The summed E-state index contributed by atoms with van der Waals surface area (Å²) in [6.07, 6.45) is 4.55. The minimum atomic E-state index is -0.145. The highest BCUT2D eigenvalue weighted by molar-refractivity contribution is 5.30. The third-order valence-electron chi connectivity index (χ3n) is 3.46. The average molecular weight is 192 g/mol. The van der Waals surface area contributed by atoms with Crippen LogP contribution < -0.4 is 0 Å². The lowest BCUT2D eigenvalue weighted by atomic mass is 9.93. The van der Waals surface area contributed by atoms with Crippen molar-refractivity contribution >= 4 is 0 Å². The molecule has 1 aliphatic rings. The van der Waals surface area contributed by atoms with E-state index in [4.69, 9.17) is 0 Å². The normalized spacial score (nSPS) is 28.9. The molecule has 1 aromatic rings. The lowest BCUT2D eigenvalue weighted by Gasteiger charge is -2.16. The zero-order valence-electron chi connectivity index (χ0n) is 8.91. The summed E-state index contributed by atoms with van der Waals surface area (Å²) in [5, 5.41) is 9.45. The number of nitrogens with zero attached hydrogens (tertiary/aromatic N) is 2. The zero-order chi connectivity index (χ0) is 10.4. The third kappa shape index (κ3) is 1.16. The summed E-state index contributed by atoms with van der Waals surface area (Å²) in [5.41, 5.74) is 1.86. The van der Waals surface area contributed by atoms with Crippen molar-refractivity contribution in [2.24, 2.45) is 5.41 Å². The Morgan fingerprint density at radius 1 is 1.36 bits per heavy atom. The molecular formula is C11H16N2O. The van der Waals surface area contributed by atoms with E-state index in [0.29, 0.717) is 0 Å². The maximum Gasteiger partial charge on any atom is 0.0677 e. The van der Waals surface area contributed by atoms with Crippen LogP contribution in [0.1, 0.15) is 31.7 Å². The Morgan fingerprint density at radius 3 is 2.36 bits per heavy atom. The van der Waals surface area contributed by atoms with Crippen LogP contribution in [-0.4, -0.2) is 21.7 Å². The summed E-state index contributed by atoms with van der Waals surface area (Å²) in [5.74, 6) is 0. The van der Waals surface area contributed by atoms with Crippen molar-refractivity contribution in [3.8, 4) is 0 Å². The van der Waals surface area contributed by atoms with Crippen LogP contribution in [0.25, 0.3) is 0 Å². The van der Waals surface area contributed by atoms with E-state index in [1.54, 1.807) is 12.4 Å². The van der Waals surface area contributed by atoms with Gasteiger partial charge in [-0.2, -0.15) is 0 Å². The maximum absolute atomic E-state index is 9.45. The minimum Gasteiger partial charge on any atom is -0.395 e. The van der Waals surface area contributed by atoms with Gasteiger partial charge >= 0.3 is 0 Å². The van der Waals surface area contributed by atoms with Crippen molar-refractivity contribution in [3.05, 3.63) is 23.8 Å². The first-order chi connectivity index (χ1) is 6.52. The smallest absolute Gasteiger partial charge is 0.0677 e. The van der Waals surface area contributed by atoms with Crippen LogP contribution in [0.4, 0.5) is 0 Å². The largest absolute Gasteiger partial charge is 0.395 e. The second-order valence-electron chi connectivity index (χ2n) is 4.84. The summed E-state index contributed by atoms with van der Waals surface area (Å²) in [7, 11) is 0. The second-order valence-corrected chi connectivity index (χ2v) is 4.84. The van der Waals surface area contributed by atoms with Crippen molar-refractivity contribution < 1.29 is 5.11 Å². The van der Waals surface area contributed by atoms with Crippen molar-refractivity contribution in [1.29, 1.82) is 0 Å². The summed E-state index contributed by atoms with van der Waals surface area (Å²) in [6, 6.07) is 0. The Bertz CT molecular complexity index is 345. The highest BCUT2D eigenvalue weighted by Crippen LogP contribution is 2.63. The van der Waals surface area contributed by atoms with Gasteiger partial charge in [-0.1, -0.05) is 13.8 Å². The predicted molar refractivity (Wildman–Crippen MR) is 53.9 cm³/mol. The zero-order valence-corrected chi connectivity index (χ0v) is 8.91. The molecular weight excluding hydrogens is 176 g/mol. The number of aromatic nitrogens is 2. The van der Waals surface area contributed by atoms with E-state index in [2.05, 4.69) is 23.8 Å². The fourth-order valence-electron chi connectivity index (χ4n) is 2.14. The fourth-order valence-corrected chi connectivity index (χ4v) is 2.14. The van der Waals surface area contributed by atoms with Crippen molar-refractivity contribution in [3.63, 3.8) is 0 Å². The van der Waals surface area contributed by atoms with Crippen molar-refractivity contribution in [2.75, 3.05) is 6.61 Å². The Morgan fingerprint density at radius 2 is 2.00 bits per heavy atom. The molecule has 76 valence electrons. The maximum atomic E-state index is 9.45. The van der Waals surface area contributed by atoms with Gasteiger partial charge in [0.1, 0.15) is 0 Å². The number of rotatable bonds is 2. The summed E-state index contributed by atoms with van der Waals surface area (Å²) < 4.78 is 0. The molecule has 3 nitrogen and oxygen atoms in total. The van der Waals surface area contributed by atoms with E-state index >= 15 is 0 Å². The van der Waals surface area contributed by atoms with Gasteiger partial charge in [0, 0.05) is 17.8 Å². The van der Waals surface area contributed by atoms with E-state index < -0.39 is 0 Å². The molecule has 0 saturated heterocycles. The molecule has 3 heteroatoms. The van der Waals surface area contributed by atoms with Gasteiger partial charge < -0.3 is 5.11 Å². The van der Waals surface area contributed by atoms with Crippen LogP contribution in [0.3, 0.4) is 0 Å². The molecule has 0 aliphatic heterocycles. The number of aliphatic hydroxyl groups is 1. The minimum absolute atomic E-state index is 0.145. The summed E-state index contributed by atoms with van der Waals surface area (Å²) in [6.45, 7) is 6.40. The van der Waals surface area contributed by atoms with E-state index in [-0.39, 0.29) is 17.4 Å². The molecule has 2 rings (SSSR count). The Kier molecular flexibility index (Phi) is 1.89. The third-order valence-corrected chi connectivity index (χ3v) is 3.46. The Hall–Kier alpha value is -0.960. The number of hydrogen-bond donors (Lipinski definition) is 1. The van der Waals surface area contributed by atoms with Crippen LogP contribution in [0, 0.1) is 12.3 Å². The molecule has 1 fully saturated rings. The first-order valence-corrected chi connectivity index (χ1v) is 4.92. The second kappa shape index (κ2) is 2.76. The fraction of sp³-hybridized carbons (Fsp3) is 0.636. The van der Waals surface area contributed by atoms with E-state index in [0.717, 1.165) is 17.8 Å². The molecule has 1 saturated carbocycles. The SMILES string of the molecule is Cc1cnc(C2(CO)CC2(C)C)cn1. The van der Waals surface area contributed by atoms with Gasteiger partial charge in [-0.25, -0.2) is 0 Å². The van der Waals surface area contributed by atoms with Gasteiger partial charge in [-0.15, -0.1) is 0 Å². The summed E-state index contributed by atoms with van der Waals surface area (Å²) in [4.78, 5) is 8.58. The van der Waals surface area contributed by atoms with Crippen LogP contribution >= 0.6 is 0 Å². The van der Waals surface area contributed by atoms with Gasteiger partial charge in [0.05, 0.1) is 18.0 Å². The molecule has 0 aromatic carbocycles. The highest BCUT2D eigenvalue weighted by atomic mass is 16.3. The van der Waals surface area contributed by atoms with Crippen molar-refractivity contribution in [2.45, 2.75) is 32.6 Å². The average Bonchev–Trinajstić information content (AvgIpc) is 2.71. The van der Waals surface area contributed by atoms with Gasteiger partial charge in [0.25, 0.3) is 0 Å². The quantitative estimate of drug-likeness (QED) is 0.771. The number of hydrogen-bond acceptors (Lipinski definition) is 3. The van der Waals surface area contributed by atoms with Gasteiger partial charge in [0.15, 0.2) is 0 Å². The Labute approximate surface area is 84.2 Å². The molecule has 0 amide bonds. The topological polar surface area (TPSA) is 46.0 Å². The van der Waals surface area contributed by atoms with Crippen molar-refractivity contribution in [1.82, 2.24) is 9.97 Å². The molecule has 0 radical (unpaired) electrons. The Balaban J connectivity index is 2.36. The standard InChI is InChI=1S/C11H16N2O/c1-8-4-13-9(5-12-8)11(7-14)6-10(11,2)3/h4-5,14H,6-7H2,1-3H3. The van der Waals surface area contributed by atoms with Gasteiger partial charge in [-0.05, 0) is 18.8 Å². The monoisotopic (exact) mass is 192 g/mol. The molecule has 1 aliphatic carbocycles. The van der Waals surface area contributed by atoms with Crippen LogP contribution in [0.15, 0.2) is 12.4 Å². The number of aliphatic hydroxyl groups excluding tert-OH is 1. The predicted octanol–water partition coefficient (Wildman–Crippen LogP) is 1.45. The molecule has 0 spiro atoms. The lowest BCUT2D eigenvalue weighted by Crippen LogP contribution is -2.21. The molecule has 1 atom stereocenters. The molecule has 0 bridgehead atoms. The molecule has 1 heterocycles. The first kappa shape index (κ1) is 9.59. The molecule has 1 unspecified atom stereocenters. The van der Waals surface area contributed by atoms with Gasteiger partial charge in [0.2, 0.25) is 0 Å². The van der Waals surface area contributed by atoms with Crippen LogP contribution in [-0.2, 0) is 5.41 Å². The van der Waals surface area contributed by atoms with E-state index in [9.17, 15) is 5.11 Å². The van der Waals surface area contributed by atoms with E-state index in [1.165, 1.54) is 0 Å². The van der Waals surface area contributed by atoms with Crippen LogP contribution in [0.2, 0.25) is 0 Å². The lowest BCUT2D eigenvalue weighted by molar-refractivity contribution is 0.228. The first-order valence-electron chi connectivity index (χ1n) is 4.92. The van der Waals surface area contributed by atoms with Crippen LogP contribution in [0.5, 0.6) is 0 Å².